The molecule has 1 amide bonds. The number of likely N-dealkylation sites (N-methyl/N-ethyl adjacent to an activating group) is 1. The van der Waals surface area contributed by atoms with E-state index in [1.807, 2.05) is 0 Å². The second-order valence-electron chi connectivity index (χ2n) is 4.93. The maximum Gasteiger partial charge on any atom is 0.261 e. The minimum absolute atomic E-state index is 0.0503. The maximum absolute atomic E-state index is 13.6. The Hall–Kier alpha value is -2.61. The number of carbonyl (C=O) groups excluding carboxylic acids is 1. The first-order valence-corrected chi connectivity index (χ1v) is 8.57. The largest absolute Gasteiger partial charge is 0.481 e. The van der Waals surface area contributed by atoms with Gasteiger partial charge in [0.05, 0.1) is 10.6 Å². The van der Waals surface area contributed by atoms with Gasteiger partial charge in [0.25, 0.3) is 15.9 Å². The van der Waals surface area contributed by atoms with Gasteiger partial charge in [-0.3, -0.25) is 9.52 Å². The normalized spacial score (nSPS) is 12.3. The molecule has 24 heavy (non-hydrogen) atoms. The Morgan fingerprint density at radius 3 is 2.33 bits per heavy atom. The van der Waals surface area contributed by atoms with Gasteiger partial charge in [-0.15, -0.1) is 0 Å². The van der Waals surface area contributed by atoms with Crippen molar-refractivity contribution in [1.29, 1.82) is 0 Å². The summed E-state index contributed by atoms with van der Waals surface area (Å²) in [5.41, 5.74) is -0.133. The number of amides is 1. The van der Waals surface area contributed by atoms with E-state index in [9.17, 15) is 17.6 Å². The molecule has 0 heterocycles. The highest BCUT2D eigenvalue weighted by molar-refractivity contribution is 7.92. The zero-order valence-corrected chi connectivity index (χ0v) is 13.9. The Labute approximate surface area is 139 Å². The molecule has 1 atom stereocenters. The minimum Gasteiger partial charge on any atom is -0.481 e. The third-order valence-corrected chi connectivity index (χ3v) is 4.56. The number of halogens is 1. The Bertz CT molecular complexity index is 822. The summed E-state index contributed by atoms with van der Waals surface area (Å²) in [6.45, 7) is 1.57. The van der Waals surface area contributed by atoms with Crippen LogP contribution in [0.2, 0.25) is 0 Å². The van der Waals surface area contributed by atoms with Crippen LogP contribution in [0.1, 0.15) is 6.92 Å². The first-order valence-electron chi connectivity index (χ1n) is 7.09. The van der Waals surface area contributed by atoms with Gasteiger partial charge in [0, 0.05) is 7.05 Å². The van der Waals surface area contributed by atoms with Crippen LogP contribution < -0.4 is 14.8 Å². The standard InChI is InChI=1S/C16H17FN2O4S/c1-11(16(20)18-2)23-12-7-9-13(10-8-12)24(21,22)19-15-6-4-3-5-14(15)17/h3-11,19H,1-2H3,(H,18,20)/t11-/m1/s1. The first-order chi connectivity index (χ1) is 11.3. The molecule has 0 aromatic heterocycles. The fourth-order valence-electron chi connectivity index (χ4n) is 1.91. The van der Waals surface area contributed by atoms with Gasteiger partial charge in [-0.1, -0.05) is 12.1 Å². The van der Waals surface area contributed by atoms with Gasteiger partial charge in [0.1, 0.15) is 11.6 Å². The average Bonchev–Trinajstić information content (AvgIpc) is 2.56. The molecule has 2 rings (SSSR count). The molecule has 0 aliphatic rings. The van der Waals surface area contributed by atoms with Gasteiger partial charge < -0.3 is 10.1 Å². The zero-order chi connectivity index (χ0) is 17.7. The van der Waals surface area contributed by atoms with Crippen molar-refractivity contribution in [3.8, 4) is 5.75 Å². The van der Waals surface area contributed by atoms with Crippen molar-refractivity contribution in [2.75, 3.05) is 11.8 Å². The van der Waals surface area contributed by atoms with E-state index in [-0.39, 0.29) is 16.5 Å². The molecule has 0 radical (unpaired) electrons. The zero-order valence-electron chi connectivity index (χ0n) is 13.1. The minimum atomic E-state index is -3.93. The lowest BCUT2D eigenvalue weighted by molar-refractivity contribution is -0.126. The lowest BCUT2D eigenvalue weighted by Gasteiger charge is -2.14. The van der Waals surface area contributed by atoms with Crippen LogP contribution in [0.3, 0.4) is 0 Å². The van der Waals surface area contributed by atoms with Gasteiger partial charge in [-0.2, -0.15) is 0 Å². The van der Waals surface area contributed by atoms with Gasteiger partial charge in [-0.25, -0.2) is 12.8 Å². The lowest BCUT2D eigenvalue weighted by atomic mass is 10.3. The van der Waals surface area contributed by atoms with Crippen LogP contribution in [-0.2, 0) is 14.8 Å². The number of hydrogen-bond acceptors (Lipinski definition) is 4. The molecule has 0 aliphatic heterocycles. The summed E-state index contributed by atoms with van der Waals surface area (Å²) >= 11 is 0. The predicted octanol–water partition coefficient (Wildman–Crippen LogP) is 2.14. The van der Waals surface area contributed by atoms with E-state index < -0.39 is 21.9 Å². The highest BCUT2D eigenvalue weighted by atomic mass is 32.2. The van der Waals surface area contributed by atoms with Crippen LogP contribution >= 0.6 is 0 Å². The number of benzene rings is 2. The van der Waals surface area contributed by atoms with E-state index in [4.69, 9.17) is 4.74 Å². The number of sulfonamides is 1. The molecule has 6 nitrogen and oxygen atoms in total. The van der Waals surface area contributed by atoms with Gasteiger partial charge >= 0.3 is 0 Å². The number of nitrogens with one attached hydrogen (secondary N) is 2. The average molecular weight is 352 g/mol. The summed E-state index contributed by atoms with van der Waals surface area (Å²) in [5, 5.41) is 2.45. The summed E-state index contributed by atoms with van der Waals surface area (Å²) in [6, 6.07) is 11.0. The Morgan fingerprint density at radius 1 is 1.12 bits per heavy atom. The van der Waals surface area contributed by atoms with E-state index >= 15 is 0 Å². The van der Waals surface area contributed by atoms with Gasteiger partial charge in [0.15, 0.2) is 6.10 Å². The SMILES string of the molecule is CNC(=O)[C@@H](C)Oc1ccc(S(=O)(=O)Nc2ccccc2F)cc1. The number of anilines is 1. The smallest absolute Gasteiger partial charge is 0.261 e. The first kappa shape index (κ1) is 17.7. The molecule has 0 bridgehead atoms. The summed E-state index contributed by atoms with van der Waals surface area (Å²) in [5.74, 6) is -0.621. The third kappa shape index (κ3) is 4.23. The molecular weight excluding hydrogens is 335 g/mol. The van der Waals surface area contributed by atoms with E-state index in [0.29, 0.717) is 5.75 Å². The number of carbonyl (C=O) groups is 1. The molecule has 0 fully saturated rings. The monoisotopic (exact) mass is 352 g/mol. The fourth-order valence-corrected chi connectivity index (χ4v) is 2.97. The molecule has 0 spiro atoms. The summed E-state index contributed by atoms with van der Waals surface area (Å²) in [4.78, 5) is 11.3. The summed E-state index contributed by atoms with van der Waals surface area (Å²) in [6.07, 6.45) is -0.714. The Morgan fingerprint density at radius 2 is 1.75 bits per heavy atom. The Kier molecular flexibility index (Phi) is 5.40. The second kappa shape index (κ2) is 7.31. The van der Waals surface area contributed by atoms with Crippen LogP contribution in [0.5, 0.6) is 5.75 Å². The lowest BCUT2D eigenvalue weighted by Crippen LogP contribution is -2.33. The Balaban J connectivity index is 2.14. The van der Waals surface area contributed by atoms with E-state index in [0.717, 1.165) is 6.07 Å². The third-order valence-electron chi connectivity index (χ3n) is 3.18. The second-order valence-corrected chi connectivity index (χ2v) is 6.61. The van der Waals surface area contributed by atoms with Crippen molar-refractivity contribution in [3.05, 3.63) is 54.3 Å². The summed E-state index contributed by atoms with van der Waals surface area (Å²) in [7, 11) is -2.43. The van der Waals surface area contributed by atoms with Crippen molar-refractivity contribution < 1.29 is 22.3 Å². The van der Waals surface area contributed by atoms with Crippen LogP contribution in [0.4, 0.5) is 10.1 Å². The van der Waals surface area contributed by atoms with Crippen molar-refractivity contribution in [3.63, 3.8) is 0 Å². The van der Waals surface area contributed by atoms with Crippen molar-refractivity contribution in [1.82, 2.24) is 5.32 Å². The van der Waals surface area contributed by atoms with Crippen LogP contribution in [-0.4, -0.2) is 27.5 Å². The van der Waals surface area contributed by atoms with E-state index in [1.54, 1.807) is 6.92 Å². The molecule has 0 saturated heterocycles. The number of rotatable bonds is 6. The van der Waals surface area contributed by atoms with E-state index in [1.165, 1.54) is 49.5 Å². The van der Waals surface area contributed by atoms with E-state index in [2.05, 4.69) is 10.0 Å². The topological polar surface area (TPSA) is 84.5 Å². The highest BCUT2D eigenvalue weighted by Gasteiger charge is 2.17. The molecule has 0 saturated carbocycles. The van der Waals surface area contributed by atoms with Crippen LogP contribution in [0, 0.1) is 5.82 Å². The number of hydrogen-bond donors (Lipinski definition) is 2. The quantitative estimate of drug-likeness (QED) is 0.834. The molecule has 2 aromatic carbocycles. The van der Waals surface area contributed by atoms with Crippen LogP contribution in [0.25, 0.3) is 0 Å². The highest BCUT2D eigenvalue weighted by Crippen LogP contribution is 2.21. The van der Waals surface area contributed by atoms with Crippen molar-refractivity contribution in [2.24, 2.45) is 0 Å². The maximum atomic E-state index is 13.6. The molecule has 0 unspecified atom stereocenters. The molecule has 2 aromatic rings. The fraction of sp³-hybridized carbons (Fsp3) is 0.188. The predicted molar refractivity (Wildman–Crippen MR) is 87.8 cm³/mol. The van der Waals surface area contributed by atoms with Crippen molar-refractivity contribution >= 4 is 21.6 Å². The number of ether oxygens (including phenoxy) is 1. The van der Waals surface area contributed by atoms with Gasteiger partial charge in [-0.05, 0) is 43.3 Å². The number of para-hydroxylation sites is 1. The molecular formula is C16H17FN2O4S. The van der Waals surface area contributed by atoms with Crippen LogP contribution in [0.15, 0.2) is 53.4 Å². The van der Waals surface area contributed by atoms with Crippen molar-refractivity contribution in [2.45, 2.75) is 17.9 Å². The molecule has 128 valence electrons. The molecule has 0 aliphatic carbocycles. The molecule has 2 N–H and O–H groups in total. The van der Waals surface area contributed by atoms with Gasteiger partial charge in [0.2, 0.25) is 0 Å². The molecule has 8 heteroatoms. The summed E-state index contributed by atoms with van der Waals surface area (Å²) < 4.78 is 45.7.